The summed E-state index contributed by atoms with van der Waals surface area (Å²) in [5.41, 5.74) is 6.85. The van der Waals surface area contributed by atoms with Crippen molar-refractivity contribution in [2.24, 2.45) is 5.92 Å². The molecule has 2 fully saturated rings. The summed E-state index contributed by atoms with van der Waals surface area (Å²) in [6.07, 6.45) is 3.69. The average molecular weight is 279 g/mol. The van der Waals surface area contributed by atoms with Gasteiger partial charge in [0.2, 0.25) is 0 Å². The van der Waals surface area contributed by atoms with E-state index in [0.29, 0.717) is 17.1 Å². The number of hydrogen-bond donors (Lipinski definition) is 3. The number of hydrogen-bond acceptors (Lipinski definition) is 3. The molecule has 0 bridgehead atoms. The van der Waals surface area contributed by atoms with Crippen molar-refractivity contribution < 1.29 is 4.39 Å². The van der Waals surface area contributed by atoms with E-state index in [1.807, 2.05) is 0 Å². The molecule has 2 aliphatic rings. The molecule has 5 heteroatoms. The molecule has 19 heavy (non-hydrogen) atoms. The predicted molar refractivity (Wildman–Crippen MR) is 78.0 cm³/mol. The Labute approximate surface area is 116 Å². The van der Waals surface area contributed by atoms with Gasteiger partial charge >= 0.3 is 0 Å². The second-order valence-electron chi connectivity index (χ2n) is 5.39. The Morgan fingerprint density at radius 1 is 1.42 bits per heavy atom. The molecule has 1 saturated carbocycles. The Balaban J connectivity index is 1.70. The summed E-state index contributed by atoms with van der Waals surface area (Å²) in [7, 11) is 0. The highest BCUT2D eigenvalue weighted by molar-refractivity contribution is 8.00. The Morgan fingerprint density at radius 3 is 2.89 bits per heavy atom. The van der Waals surface area contributed by atoms with Crippen molar-refractivity contribution in [2.75, 3.05) is 11.5 Å². The normalized spacial score (nSPS) is 27.1. The van der Waals surface area contributed by atoms with Gasteiger partial charge in [0.25, 0.3) is 0 Å². The third kappa shape index (κ3) is 2.86. The lowest BCUT2D eigenvalue weighted by Gasteiger charge is -2.31. The van der Waals surface area contributed by atoms with Gasteiger partial charge in [-0.1, -0.05) is 12.8 Å². The zero-order valence-corrected chi connectivity index (χ0v) is 11.5. The van der Waals surface area contributed by atoms with Crippen molar-refractivity contribution in [3.05, 3.63) is 29.6 Å². The first kappa shape index (κ1) is 12.8. The molecule has 0 amide bonds. The lowest BCUT2D eigenvalue weighted by atomic mass is 10.1. The SMILES string of the molecule is N=C1NC(c2cc(N)ccc2F)CSC1CC1CC1. The highest BCUT2D eigenvalue weighted by Crippen LogP contribution is 2.39. The minimum Gasteiger partial charge on any atom is -0.399 e. The first-order chi connectivity index (χ1) is 9.13. The van der Waals surface area contributed by atoms with Crippen LogP contribution in [0.1, 0.15) is 30.9 Å². The number of amidine groups is 1. The highest BCUT2D eigenvalue weighted by atomic mass is 32.2. The first-order valence-electron chi connectivity index (χ1n) is 6.65. The summed E-state index contributed by atoms with van der Waals surface area (Å²) in [6, 6.07) is 4.49. The molecule has 0 aromatic heterocycles. The van der Waals surface area contributed by atoms with Gasteiger partial charge in [0.1, 0.15) is 11.7 Å². The molecular weight excluding hydrogens is 261 g/mol. The fourth-order valence-corrected chi connectivity index (χ4v) is 3.79. The van der Waals surface area contributed by atoms with Gasteiger partial charge < -0.3 is 11.1 Å². The van der Waals surface area contributed by atoms with Crippen LogP contribution in [-0.2, 0) is 0 Å². The largest absolute Gasteiger partial charge is 0.399 e. The summed E-state index contributed by atoms with van der Waals surface area (Å²) in [4.78, 5) is 0. The zero-order valence-electron chi connectivity index (χ0n) is 10.7. The maximum atomic E-state index is 13.8. The van der Waals surface area contributed by atoms with Crippen molar-refractivity contribution in [2.45, 2.75) is 30.6 Å². The Kier molecular flexibility index (Phi) is 3.39. The number of anilines is 1. The molecule has 1 aliphatic carbocycles. The molecular formula is C14H18FN3S. The monoisotopic (exact) mass is 279 g/mol. The van der Waals surface area contributed by atoms with Gasteiger partial charge in [-0.3, -0.25) is 5.41 Å². The quantitative estimate of drug-likeness (QED) is 0.745. The standard InChI is InChI=1S/C14H18FN3S/c15-11-4-3-9(16)6-10(11)12-7-19-13(14(17)18-12)5-8-1-2-8/h3-4,6,8,12-13H,1-2,5,7,16H2,(H2,17,18). The maximum absolute atomic E-state index is 13.8. The summed E-state index contributed by atoms with van der Waals surface area (Å²) in [6.45, 7) is 0. The van der Waals surface area contributed by atoms with Gasteiger partial charge in [0.15, 0.2) is 0 Å². The number of benzene rings is 1. The molecule has 0 radical (unpaired) electrons. The number of nitrogens with one attached hydrogen (secondary N) is 2. The van der Waals surface area contributed by atoms with Crippen LogP contribution in [0, 0.1) is 17.1 Å². The van der Waals surface area contributed by atoms with E-state index in [4.69, 9.17) is 11.1 Å². The average Bonchev–Trinajstić information content (AvgIpc) is 3.19. The van der Waals surface area contributed by atoms with Crippen LogP contribution < -0.4 is 11.1 Å². The van der Waals surface area contributed by atoms with E-state index in [1.54, 1.807) is 23.9 Å². The lowest BCUT2D eigenvalue weighted by molar-refractivity contribution is 0.574. The second kappa shape index (κ2) is 5.04. The van der Waals surface area contributed by atoms with Gasteiger partial charge in [-0.25, -0.2) is 4.39 Å². The van der Waals surface area contributed by atoms with Crippen molar-refractivity contribution in [3.63, 3.8) is 0 Å². The fourth-order valence-electron chi connectivity index (χ4n) is 2.46. The molecule has 0 spiro atoms. The van der Waals surface area contributed by atoms with E-state index in [1.165, 1.54) is 18.9 Å². The van der Waals surface area contributed by atoms with Crippen LogP contribution in [0.4, 0.5) is 10.1 Å². The van der Waals surface area contributed by atoms with Crippen molar-refractivity contribution in [3.8, 4) is 0 Å². The molecule has 1 aliphatic heterocycles. The van der Waals surface area contributed by atoms with Gasteiger partial charge in [-0.2, -0.15) is 0 Å². The lowest BCUT2D eigenvalue weighted by Crippen LogP contribution is -2.41. The molecule has 1 saturated heterocycles. The third-order valence-corrected chi connectivity index (χ3v) is 5.11. The van der Waals surface area contributed by atoms with Gasteiger partial charge in [0, 0.05) is 17.0 Å². The maximum Gasteiger partial charge on any atom is 0.128 e. The van der Waals surface area contributed by atoms with E-state index in [-0.39, 0.29) is 17.1 Å². The van der Waals surface area contributed by atoms with Crippen LogP contribution in [0.2, 0.25) is 0 Å². The molecule has 3 nitrogen and oxygen atoms in total. The highest BCUT2D eigenvalue weighted by Gasteiger charge is 2.33. The fraction of sp³-hybridized carbons (Fsp3) is 0.500. The minimum atomic E-state index is -0.249. The first-order valence-corrected chi connectivity index (χ1v) is 7.70. The number of rotatable bonds is 3. The van der Waals surface area contributed by atoms with E-state index >= 15 is 0 Å². The van der Waals surface area contributed by atoms with Crippen LogP contribution in [-0.4, -0.2) is 16.8 Å². The predicted octanol–water partition coefficient (Wildman–Crippen LogP) is 2.93. The smallest absolute Gasteiger partial charge is 0.128 e. The Bertz CT molecular complexity index is 501. The number of thioether (sulfide) groups is 1. The van der Waals surface area contributed by atoms with Crippen molar-refractivity contribution in [1.29, 1.82) is 5.41 Å². The summed E-state index contributed by atoms with van der Waals surface area (Å²) >= 11 is 1.76. The van der Waals surface area contributed by atoms with Crippen molar-refractivity contribution >= 4 is 23.3 Å². The molecule has 2 atom stereocenters. The summed E-state index contributed by atoms with van der Waals surface area (Å²) in [5.74, 6) is 1.89. The molecule has 102 valence electrons. The second-order valence-corrected chi connectivity index (χ2v) is 6.63. The van der Waals surface area contributed by atoms with Crippen LogP contribution >= 0.6 is 11.8 Å². The summed E-state index contributed by atoms with van der Waals surface area (Å²) in [5, 5.41) is 11.5. The topological polar surface area (TPSA) is 61.9 Å². The van der Waals surface area contributed by atoms with Gasteiger partial charge in [-0.05, 0) is 30.5 Å². The third-order valence-electron chi connectivity index (χ3n) is 3.76. The molecule has 1 heterocycles. The summed E-state index contributed by atoms with van der Waals surface area (Å²) < 4.78 is 13.8. The Hall–Kier alpha value is -1.23. The van der Waals surface area contributed by atoms with Gasteiger partial charge in [-0.15, -0.1) is 11.8 Å². The van der Waals surface area contributed by atoms with Crippen molar-refractivity contribution in [1.82, 2.24) is 5.32 Å². The number of nitrogen functional groups attached to an aromatic ring is 1. The molecule has 1 aromatic rings. The molecule has 4 N–H and O–H groups in total. The van der Waals surface area contributed by atoms with Crippen LogP contribution in [0.3, 0.4) is 0 Å². The van der Waals surface area contributed by atoms with E-state index in [2.05, 4.69) is 5.32 Å². The van der Waals surface area contributed by atoms with E-state index < -0.39 is 0 Å². The Morgan fingerprint density at radius 2 is 2.21 bits per heavy atom. The van der Waals surface area contributed by atoms with E-state index in [0.717, 1.165) is 18.1 Å². The van der Waals surface area contributed by atoms with Crippen LogP contribution in [0.15, 0.2) is 18.2 Å². The zero-order chi connectivity index (χ0) is 13.4. The van der Waals surface area contributed by atoms with Gasteiger partial charge in [0.05, 0.1) is 11.3 Å². The molecule has 1 aromatic carbocycles. The number of halogens is 1. The van der Waals surface area contributed by atoms with E-state index in [9.17, 15) is 4.39 Å². The van der Waals surface area contributed by atoms with Crippen LogP contribution in [0.5, 0.6) is 0 Å². The molecule has 3 rings (SSSR count). The minimum absolute atomic E-state index is 0.142. The van der Waals surface area contributed by atoms with Crippen LogP contribution in [0.25, 0.3) is 0 Å². The molecule has 2 unspecified atom stereocenters. The number of nitrogens with two attached hydrogens (primary N) is 1.